The van der Waals surface area contributed by atoms with Crippen LogP contribution in [0.4, 0.5) is 5.69 Å². The number of hydrogen-bond donors (Lipinski definition) is 1. The molecule has 0 aliphatic heterocycles. The second kappa shape index (κ2) is 4.87. The van der Waals surface area contributed by atoms with Crippen LogP contribution >= 0.6 is 0 Å². The molecule has 2 aromatic rings. The summed E-state index contributed by atoms with van der Waals surface area (Å²) in [5.41, 5.74) is 1.95. The van der Waals surface area contributed by atoms with E-state index in [0.29, 0.717) is 5.56 Å². The lowest BCUT2D eigenvalue weighted by atomic mass is 10.1. The Balaban J connectivity index is 2.35. The summed E-state index contributed by atoms with van der Waals surface area (Å²) in [5, 5.41) is 0. The molecular weight excluding hydrogens is 228 g/mol. The Labute approximate surface area is 105 Å². The first-order chi connectivity index (χ1) is 8.59. The van der Waals surface area contributed by atoms with Gasteiger partial charge in [-0.25, -0.2) is 0 Å². The number of aromatic amines is 1. The van der Waals surface area contributed by atoms with Crippen molar-refractivity contribution < 1.29 is 4.79 Å². The number of pyridine rings is 1. The number of carbonyl (C=O) groups excluding carboxylic acids is 1. The maximum Gasteiger partial charge on any atom is 0.258 e. The molecule has 4 heteroatoms. The second-order valence-electron chi connectivity index (χ2n) is 4.09. The van der Waals surface area contributed by atoms with E-state index in [-0.39, 0.29) is 11.5 Å². The minimum Gasteiger partial charge on any atom is -0.329 e. The van der Waals surface area contributed by atoms with E-state index in [0.717, 1.165) is 11.3 Å². The lowest BCUT2D eigenvalue weighted by Crippen LogP contribution is -2.27. The average Bonchev–Trinajstić information content (AvgIpc) is 2.37. The SMILES string of the molecule is Cc1ccccc1N(C)C(=O)c1cc[nH]c(=O)c1. The zero-order valence-corrected chi connectivity index (χ0v) is 10.3. The minimum absolute atomic E-state index is 0.199. The van der Waals surface area contributed by atoms with Gasteiger partial charge in [-0.15, -0.1) is 0 Å². The van der Waals surface area contributed by atoms with Gasteiger partial charge in [0.2, 0.25) is 5.56 Å². The molecule has 0 atom stereocenters. The fraction of sp³-hybridized carbons (Fsp3) is 0.143. The van der Waals surface area contributed by atoms with Crippen molar-refractivity contribution in [1.29, 1.82) is 0 Å². The quantitative estimate of drug-likeness (QED) is 0.875. The van der Waals surface area contributed by atoms with Gasteiger partial charge in [0, 0.05) is 30.6 Å². The molecule has 0 radical (unpaired) electrons. The summed E-state index contributed by atoms with van der Waals surface area (Å²) < 4.78 is 0. The van der Waals surface area contributed by atoms with Crippen molar-refractivity contribution in [3.63, 3.8) is 0 Å². The predicted octanol–water partition coefficient (Wildman–Crippen LogP) is 1.96. The van der Waals surface area contributed by atoms with Gasteiger partial charge in [-0.05, 0) is 24.6 Å². The summed E-state index contributed by atoms with van der Waals surface area (Å²) in [4.78, 5) is 27.5. The molecule has 1 N–H and O–H groups in total. The van der Waals surface area contributed by atoms with Crippen LogP contribution in [0.5, 0.6) is 0 Å². The number of amides is 1. The molecule has 0 saturated carbocycles. The van der Waals surface area contributed by atoms with Crippen LogP contribution in [0.2, 0.25) is 0 Å². The van der Waals surface area contributed by atoms with Crippen molar-refractivity contribution in [3.05, 3.63) is 64.1 Å². The van der Waals surface area contributed by atoms with Crippen LogP contribution in [0.3, 0.4) is 0 Å². The maximum absolute atomic E-state index is 12.2. The van der Waals surface area contributed by atoms with Gasteiger partial charge in [-0.3, -0.25) is 9.59 Å². The molecule has 0 bridgehead atoms. The molecule has 92 valence electrons. The summed E-state index contributed by atoms with van der Waals surface area (Å²) in [6.07, 6.45) is 1.47. The Bertz CT molecular complexity index is 631. The van der Waals surface area contributed by atoms with E-state index in [9.17, 15) is 9.59 Å². The van der Waals surface area contributed by atoms with Crippen LogP contribution < -0.4 is 10.5 Å². The first-order valence-corrected chi connectivity index (χ1v) is 5.62. The lowest BCUT2D eigenvalue weighted by Gasteiger charge is -2.19. The number of para-hydroxylation sites is 1. The largest absolute Gasteiger partial charge is 0.329 e. The Hall–Kier alpha value is -2.36. The number of aromatic nitrogens is 1. The number of anilines is 1. The van der Waals surface area contributed by atoms with Crippen LogP contribution in [0.25, 0.3) is 0 Å². The molecule has 1 aromatic heterocycles. The fourth-order valence-corrected chi connectivity index (χ4v) is 1.82. The highest BCUT2D eigenvalue weighted by Crippen LogP contribution is 2.19. The van der Waals surface area contributed by atoms with Gasteiger partial charge in [0.05, 0.1) is 0 Å². The number of H-pyrrole nitrogens is 1. The standard InChI is InChI=1S/C14H14N2O2/c1-10-5-3-4-6-12(10)16(2)14(18)11-7-8-15-13(17)9-11/h3-9H,1-2H3,(H,15,17). The van der Waals surface area contributed by atoms with Gasteiger partial charge in [0.1, 0.15) is 0 Å². The number of nitrogens with zero attached hydrogens (tertiary/aromatic N) is 1. The highest BCUT2D eigenvalue weighted by Gasteiger charge is 2.14. The molecule has 0 saturated heterocycles. The number of rotatable bonds is 2. The molecule has 1 aromatic carbocycles. The fourth-order valence-electron chi connectivity index (χ4n) is 1.82. The van der Waals surface area contributed by atoms with Gasteiger partial charge >= 0.3 is 0 Å². The molecule has 0 unspecified atom stereocenters. The Morgan fingerprint density at radius 3 is 2.61 bits per heavy atom. The normalized spacial score (nSPS) is 10.1. The highest BCUT2D eigenvalue weighted by molar-refractivity contribution is 6.05. The number of nitrogens with one attached hydrogen (secondary N) is 1. The van der Waals surface area contributed by atoms with E-state index in [4.69, 9.17) is 0 Å². The summed E-state index contributed by atoms with van der Waals surface area (Å²) in [6.45, 7) is 1.94. The van der Waals surface area contributed by atoms with E-state index >= 15 is 0 Å². The topological polar surface area (TPSA) is 53.2 Å². The third-order valence-electron chi connectivity index (χ3n) is 2.80. The lowest BCUT2D eigenvalue weighted by molar-refractivity contribution is 0.0992. The van der Waals surface area contributed by atoms with Gasteiger partial charge in [0.15, 0.2) is 0 Å². The zero-order valence-electron chi connectivity index (χ0n) is 10.3. The molecule has 4 nitrogen and oxygen atoms in total. The molecule has 1 heterocycles. The van der Waals surface area contributed by atoms with E-state index in [1.54, 1.807) is 18.0 Å². The first-order valence-electron chi connectivity index (χ1n) is 5.62. The maximum atomic E-state index is 12.2. The van der Waals surface area contributed by atoms with Gasteiger partial charge in [-0.1, -0.05) is 18.2 Å². The summed E-state index contributed by atoms with van der Waals surface area (Å²) >= 11 is 0. The minimum atomic E-state index is -0.279. The van der Waals surface area contributed by atoms with Gasteiger partial charge < -0.3 is 9.88 Å². The number of carbonyl (C=O) groups is 1. The Morgan fingerprint density at radius 1 is 1.22 bits per heavy atom. The van der Waals surface area contributed by atoms with Crippen LogP contribution in [0.1, 0.15) is 15.9 Å². The number of hydrogen-bond acceptors (Lipinski definition) is 2. The van der Waals surface area contributed by atoms with Crippen molar-refractivity contribution in [2.45, 2.75) is 6.92 Å². The van der Waals surface area contributed by atoms with Crippen molar-refractivity contribution in [2.75, 3.05) is 11.9 Å². The van der Waals surface area contributed by atoms with E-state index in [1.165, 1.54) is 12.3 Å². The Morgan fingerprint density at radius 2 is 1.94 bits per heavy atom. The van der Waals surface area contributed by atoms with E-state index < -0.39 is 0 Å². The molecule has 2 rings (SSSR count). The molecule has 0 aliphatic carbocycles. The smallest absolute Gasteiger partial charge is 0.258 e. The third kappa shape index (κ3) is 2.32. The summed E-state index contributed by atoms with van der Waals surface area (Å²) in [6, 6.07) is 10.5. The van der Waals surface area contributed by atoms with Crippen LogP contribution in [0, 0.1) is 6.92 Å². The second-order valence-corrected chi connectivity index (χ2v) is 4.09. The monoisotopic (exact) mass is 242 g/mol. The van der Waals surface area contributed by atoms with Crippen molar-refractivity contribution in [2.24, 2.45) is 0 Å². The number of benzene rings is 1. The molecule has 0 aliphatic rings. The van der Waals surface area contributed by atoms with Crippen molar-refractivity contribution in [1.82, 2.24) is 4.98 Å². The van der Waals surface area contributed by atoms with Crippen molar-refractivity contribution >= 4 is 11.6 Å². The molecule has 1 amide bonds. The summed E-state index contributed by atoms with van der Waals surface area (Å²) in [5.74, 6) is -0.199. The van der Waals surface area contributed by atoms with E-state index in [1.807, 2.05) is 31.2 Å². The Kier molecular flexibility index (Phi) is 3.28. The zero-order chi connectivity index (χ0) is 13.1. The van der Waals surface area contributed by atoms with Crippen LogP contribution in [-0.2, 0) is 0 Å². The average molecular weight is 242 g/mol. The third-order valence-corrected chi connectivity index (χ3v) is 2.80. The van der Waals surface area contributed by atoms with Gasteiger partial charge in [0.25, 0.3) is 5.91 Å². The highest BCUT2D eigenvalue weighted by atomic mass is 16.2. The van der Waals surface area contributed by atoms with Crippen molar-refractivity contribution in [3.8, 4) is 0 Å². The predicted molar refractivity (Wildman–Crippen MR) is 71.0 cm³/mol. The first kappa shape index (κ1) is 12.1. The molecule has 0 fully saturated rings. The van der Waals surface area contributed by atoms with Gasteiger partial charge in [-0.2, -0.15) is 0 Å². The van der Waals surface area contributed by atoms with Crippen LogP contribution in [0.15, 0.2) is 47.4 Å². The summed E-state index contributed by atoms with van der Waals surface area (Å²) in [7, 11) is 1.70. The van der Waals surface area contributed by atoms with E-state index in [2.05, 4.69) is 4.98 Å². The molecular formula is C14H14N2O2. The molecule has 0 spiro atoms. The number of aryl methyl sites for hydroxylation is 1. The van der Waals surface area contributed by atoms with Crippen LogP contribution in [-0.4, -0.2) is 17.9 Å². The molecule has 18 heavy (non-hydrogen) atoms.